The molecule has 32 heavy (non-hydrogen) atoms. The molecule has 1 atom stereocenters. The van der Waals surface area contributed by atoms with Crippen molar-refractivity contribution in [3.63, 3.8) is 0 Å². The van der Waals surface area contributed by atoms with E-state index < -0.39 is 5.97 Å². The van der Waals surface area contributed by atoms with Crippen LogP contribution in [0.1, 0.15) is 54.1 Å². The minimum atomic E-state index is -0.705. The van der Waals surface area contributed by atoms with Crippen LogP contribution in [0.2, 0.25) is 5.02 Å². The summed E-state index contributed by atoms with van der Waals surface area (Å²) in [6, 6.07) is 13.8. The summed E-state index contributed by atoms with van der Waals surface area (Å²) in [6.07, 6.45) is 5.03. The predicted molar refractivity (Wildman–Crippen MR) is 127 cm³/mol. The number of hydrogen-bond donors (Lipinski definition) is 2. The summed E-state index contributed by atoms with van der Waals surface area (Å²) in [5.41, 5.74) is 3.75. The number of nitrogens with one attached hydrogen (secondary N) is 1. The van der Waals surface area contributed by atoms with Gasteiger partial charge >= 0.3 is 5.97 Å². The van der Waals surface area contributed by atoms with E-state index in [0.29, 0.717) is 35.9 Å². The van der Waals surface area contributed by atoms with Gasteiger partial charge in [0.15, 0.2) is 0 Å². The summed E-state index contributed by atoms with van der Waals surface area (Å²) >= 11 is 6.02. The van der Waals surface area contributed by atoms with E-state index in [-0.39, 0.29) is 17.9 Å². The zero-order valence-corrected chi connectivity index (χ0v) is 19.2. The van der Waals surface area contributed by atoms with E-state index in [1.807, 2.05) is 56.4 Å². The number of benzene rings is 2. The maximum Gasteiger partial charge on any atom is 0.306 e. The molecule has 1 unspecified atom stereocenters. The Morgan fingerprint density at radius 3 is 2.47 bits per heavy atom. The fourth-order valence-corrected chi connectivity index (χ4v) is 4.99. The summed E-state index contributed by atoms with van der Waals surface area (Å²) in [5, 5.41) is 14.2. The Hall–Kier alpha value is -2.79. The van der Waals surface area contributed by atoms with Crippen molar-refractivity contribution in [2.24, 2.45) is 11.8 Å². The zero-order valence-electron chi connectivity index (χ0n) is 18.5. The van der Waals surface area contributed by atoms with Crippen LogP contribution < -0.4 is 5.32 Å². The van der Waals surface area contributed by atoms with Gasteiger partial charge in [0.05, 0.1) is 17.0 Å². The predicted octanol–water partition coefficient (Wildman–Crippen LogP) is 5.66. The average molecular weight is 453 g/mol. The summed E-state index contributed by atoms with van der Waals surface area (Å²) in [4.78, 5) is 24.6. The van der Waals surface area contributed by atoms with Crippen LogP contribution in [0.3, 0.4) is 0 Å². The maximum absolute atomic E-state index is 13.3. The van der Waals surface area contributed by atoms with Gasteiger partial charge in [-0.25, -0.2) is 0 Å². The molecule has 0 radical (unpaired) electrons. The molecule has 0 aliphatic heterocycles. The largest absolute Gasteiger partial charge is 0.481 e. The topological polar surface area (TPSA) is 71.3 Å². The Labute approximate surface area is 193 Å². The molecule has 1 aliphatic rings. The zero-order chi connectivity index (χ0) is 22.8. The van der Waals surface area contributed by atoms with E-state index in [1.165, 1.54) is 0 Å². The second kappa shape index (κ2) is 9.37. The van der Waals surface area contributed by atoms with Crippen molar-refractivity contribution >= 4 is 34.4 Å². The van der Waals surface area contributed by atoms with Gasteiger partial charge in [0, 0.05) is 29.2 Å². The number of aryl methyl sites for hydroxylation is 1. The van der Waals surface area contributed by atoms with Gasteiger partial charge < -0.3 is 15.0 Å². The lowest BCUT2D eigenvalue weighted by atomic mass is 9.79. The first kappa shape index (κ1) is 22.4. The van der Waals surface area contributed by atoms with Gasteiger partial charge in [0.1, 0.15) is 0 Å². The fraction of sp³-hybridized carbons (Fsp3) is 0.385. The first-order valence-electron chi connectivity index (χ1n) is 11.2. The molecule has 1 fully saturated rings. The highest BCUT2D eigenvalue weighted by Gasteiger charge is 2.30. The van der Waals surface area contributed by atoms with E-state index in [1.54, 1.807) is 0 Å². The summed E-state index contributed by atoms with van der Waals surface area (Å²) < 4.78 is 2.11. The van der Waals surface area contributed by atoms with Crippen molar-refractivity contribution < 1.29 is 14.7 Å². The second-order valence-corrected chi connectivity index (χ2v) is 9.47. The van der Waals surface area contributed by atoms with Gasteiger partial charge in [-0.3, -0.25) is 9.59 Å². The fourth-order valence-electron chi connectivity index (χ4n) is 4.86. The molecule has 6 heteroatoms. The molecule has 0 saturated heterocycles. The third-order valence-corrected chi connectivity index (χ3v) is 6.95. The molecule has 3 aromatic rings. The normalized spacial score (nSPS) is 19.6. The lowest BCUT2D eigenvalue weighted by Crippen LogP contribution is -2.40. The monoisotopic (exact) mass is 452 g/mol. The Morgan fingerprint density at radius 1 is 1.12 bits per heavy atom. The highest BCUT2D eigenvalue weighted by molar-refractivity contribution is 6.30. The number of hydrogen-bond acceptors (Lipinski definition) is 2. The third kappa shape index (κ3) is 4.83. The molecule has 2 aromatic carbocycles. The van der Waals surface area contributed by atoms with Crippen molar-refractivity contribution in [1.82, 2.24) is 9.88 Å². The Kier molecular flexibility index (Phi) is 6.56. The molecule has 2 N–H and O–H groups in total. The molecule has 168 valence electrons. The molecule has 0 bridgehead atoms. The first-order chi connectivity index (χ1) is 15.3. The molecule has 4 rings (SSSR count). The standard InChI is InChI=1S/C26H29ClN2O3/c1-16-13-21-11-12-29(15-18-3-9-22(27)10-4-18)24(21)23(14-16)25(30)28-17(2)19-5-7-20(8-6-19)26(31)32/h3-4,9-14,17,19-20H,5-8,15H2,1-2H3,(H,28,30)(H,31,32). The number of nitrogens with zero attached hydrogens (tertiary/aromatic N) is 1. The molecule has 0 spiro atoms. The first-order valence-corrected chi connectivity index (χ1v) is 11.6. The Morgan fingerprint density at radius 2 is 1.81 bits per heavy atom. The molecule has 1 aliphatic carbocycles. The van der Waals surface area contributed by atoms with Gasteiger partial charge in [0.2, 0.25) is 0 Å². The van der Waals surface area contributed by atoms with Crippen molar-refractivity contribution in [2.75, 3.05) is 0 Å². The molecule has 1 amide bonds. The quantitative estimate of drug-likeness (QED) is 0.506. The maximum atomic E-state index is 13.3. The van der Waals surface area contributed by atoms with Crippen LogP contribution in [0.25, 0.3) is 10.9 Å². The Balaban J connectivity index is 1.55. The van der Waals surface area contributed by atoms with Crippen LogP contribution in [-0.4, -0.2) is 27.6 Å². The van der Waals surface area contributed by atoms with Crippen LogP contribution in [0, 0.1) is 18.8 Å². The lowest BCUT2D eigenvalue weighted by Gasteiger charge is -2.31. The number of aliphatic carboxylic acids is 1. The van der Waals surface area contributed by atoms with E-state index in [2.05, 4.69) is 16.0 Å². The van der Waals surface area contributed by atoms with Gasteiger partial charge in [-0.15, -0.1) is 0 Å². The minimum Gasteiger partial charge on any atom is -0.481 e. The van der Waals surface area contributed by atoms with Gasteiger partial charge in [-0.05, 0) is 86.9 Å². The van der Waals surface area contributed by atoms with E-state index >= 15 is 0 Å². The van der Waals surface area contributed by atoms with Crippen LogP contribution in [0.4, 0.5) is 0 Å². The summed E-state index contributed by atoms with van der Waals surface area (Å²) in [5.74, 6) is -0.733. The number of carboxylic acid groups (broad SMARTS) is 1. The smallest absolute Gasteiger partial charge is 0.306 e. The molecular formula is C26H29ClN2O3. The molecule has 1 heterocycles. The lowest BCUT2D eigenvalue weighted by molar-refractivity contribution is -0.143. The van der Waals surface area contributed by atoms with Crippen molar-refractivity contribution in [1.29, 1.82) is 0 Å². The average Bonchev–Trinajstić information content (AvgIpc) is 3.17. The van der Waals surface area contributed by atoms with Crippen molar-refractivity contribution in [3.8, 4) is 0 Å². The van der Waals surface area contributed by atoms with Crippen LogP contribution in [-0.2, 0) is 11.3 Å². The second-order valence-electron chi connectivity index (χ2n) is 9.03. The van der Waals surface area contributed by atoms with Crippen molar-refractivity contribution in [2.45, 2.75) is 52.1 Å². The number of aromatic nitrogens is 1. The van der Waals surface area contributed by atoms with E-state index in [0.717, 1.165) is 34.9 Å². The van der Waals surface area contributed by atoms with Crippen molar-refractivity contribution in [3.05, 3.63) is 70.4 Å². The number of carbonyl (C=O) groups excluding carboxylic acids is 1. The Bertz CT molecular complexity index is 1130. The van der Waals surface area contributed by atoms with Gasteiger partial charge in [-0.1, -0.05) is 23.7 Å². The summed E-state index contributed by atoms with van der Waals surface area (Å²) in [6.45, 7) is 4.69. The van der Waals surface area contributed by atoms with Crippen LogP contribution in [0.15, 0.2) is 48.7 Å². The highest BCUT2D eigenvalue weighted by atomic mass is 35.5. The molecule has 1 saturated carbocycles. The number of carboxylic acids is 1. The minimum absolute atomic E-state index is 0.00696. The van der Waals surface area contributed by atoms with Crippen LogP contribution >= 0.6 is 11.6 Å². The highest BCUT2D eigenvalue weighted by Crippen LogP contribution is 2.31. The van der Waals surface area contributed by atoms with E-state index in [4.69, 9.17) is 11.6 Å². The number of fused-ring (bicyclic) bond motifs is 1. The number of amides is 1. The third-order valence-electron chi connectivity index (χ3n) is 6.70. The van der Waals surface area contributed by atoms with Gasteiger partial charge in [-0.2, -0.15) is 0 Å². The molecule has 5 nitrogen and oxygen atoms in total. The number of carbonyl (C=O) groups is 2. The molecule has 1 aromatic heterocycles. The van der Waals surface area contributed by atoms with Crippen LogP contribution in [0.5, 0.6) is 0 Å². The van der Waals surface area contributed by atoms with Gasteiger partial charge in [0.25, 0.3) is 5.91 Å². The number of halogens is 1. The molecular weight excluding hydrogens is 424 g/mol. The number of rotatable bonds is 6. The summed E-state index contributed by atoms with van der Waals surface area (Å²) in [7, 11) is 0. The SMILES string of the molecule is Cc1cc(C(=O)NC(C)C2CCC(C(=O)O)CC2)c2c(ccn2Cc2ccc(Cl)cc2)c1. The van der Waals surface area contributed by atoms with E-state index in [9.17, 15) is 14.7 Å².